The minimum Gasteiger partial charge on any atom is -0.468 e. The molecule has 0 aliphatic heterocycles. The summed E-state index contributed by atoms with van der Waals surface area (Å²) in [7, 11) is 0. The van der Waals surface area contributed by atoms with Gasteiger partial charge < -0.3 is 9.73 Å². The van der Waals surface area contributed by atoms with Crippen molar-refractivity contribution in [3.8, 4) is 0 Å². The fourth-order valence-electron chi connectivity index (χ4n) is 2.13. The minimum absolute atomic E-state index is 0.747. The molecular formula is C16H16N2O. The maximum atomic E-state index is 5.28. The lowest BCUT2D eigenvalue weighted by Gasteiger charge is -2.05. The zero-order valence-electron chi connectivity index (χ0n) is 10.9. The third kappa shape index (κ3) is 2.83. The molecule has 1 aromatic carbocycles. The highest BCUT2D eigenvalue weighted by Gasteiger charge is 1.99. The zero-order valence-corrected chi connectivity index (χ0v) is 10.9. The number of furan rings is 1. The first-order valence-corrected chi connectivity index (χ1v) is 6.41. The molecule has 19 heavy (non-hydrogen) atoms. The Bertz CT molecular complexity index is 674. The molecule has 3 heteroatoms. The van der Waals surface area contributed by atoms with Crippen LogP contribution in [0.25, 0.3) is 10.9 Å². The van der Waals surface area contributed by atoms with Crippen LogP contribution in [0.15, 0.2) is 53.1 Å². The summed E-state index contributed by atoms with van der Waals surface area (Å²) in [6.07, 6.45) is 1.70. The van der Waals surface area contributed by atoms with Crippen molar-refractivity contribution in [2.75, 3.05) is 0 Å². The standard InChI is InChI=1S/C16H16N2O/c1-12-4-6-14-9-13(5-7-16(14)18-12)10-17-11-15-3-2-8-19-15/h2-9,17H,10-11H2,1H3. The number of aryl methyl sites for hydroxylation is 1. The van der Waals surface area contributed by atoms with Crippen molar-refractivity contribution in [3.63, 3.8) is 0 Å². The normalized spacial score (nSPS) is 11.0. The van der Waals surface area contributed by atoms with Crippen molar-refractivity contribution in [1.29, 1.82) is 0 Å². The quantitative estimate of drug-likeness (QED) is 0.773. The smallest absolute Gasteiger partial charge is 0.117 e. The highest BCUT2D eigenvalue weighted by Crippen LogP contribution is 2.14. The fraction of sp³-hybridized carbons (Fsp3) is 0.188. The van der Waals surface area contributed by atoms with Gasteiger partial charge in [-0.15, -0.1) is 0 Å². The van der Waals surface area contributed by atoms with E-state index in [1.165, 1.54) is 10.9 Å². The molecule has 0 spiro atoms. The van der Waals surface area contributed by atoms with Gasteiger partial charge in [-0.3, -0.25) is 4.98 Å². The van der Waals surface area contributed by atoms with Crippen LogP contribution in [0.1, 0.15) is 17.0 Å². The van der Waals surface area contributed by atoms with E-state index in [1.54, 1.807) is 6.26 Å². The van der Waals surface area contributed by atoms with Crippen LogP contribution in [0.4, 0.5) is 0 Å². The number of rotatable bonds is 4. The van der Waals surface area contributed by atoms with Crippen LogP contribution in [0.2, 0.25) is 0 Å². The first-order valence-electron chi connectivity index (χ1n) is 6.41. The van der Waals surface area contributed by atoms with Gasteiger partial charge in [-0.2, -0.15) is 0 Å². The molecule has 2 aromatic heterocycles. The molecule has 96 valence electrons. The molecule has 0 atom stereocenters. The number of nitrogens with zero attached hydrogens (tertiary/aromatic N) is 1. The predicted molar refractivity (Wildman–Crippen MR) is 75.7 cm³/mol. The monoisotopic (exact) mass is 252 g/mol. The van der Waals surface area contributed by atoms with Gasteiger partial charge in [0.1, 0.15) is 5.76 Å². The molecule has 0 radical (unpaired) electrons. The van der Waals surface area contributed by atoms with Crippen LogP contribution in [0.5, 0.6) is 0 Å². The van der Waals surface area contributed by atoms with Gasteiger partial charge in [-0.1, -0.05) is 12.1 Å². The topological polar surface area (TPSA) is 38.1 Å². The van der Waals surface area contributed by atoms with E-state index in [0.29, 0.717) is 0 Å². The molecule has 0 aliphatic carbocycles. The molecule has 1 N–H and O–H groups in total. The van der Waals surface area contributed by atoms with Gasteiger partial charge in [0.15, 0.2) is 0 Å². The minimum atomic E-state index is 0.747. The highest BCUT2D eigenvalue weighted by atomic mass is 16.3. The Kier molecular flexibility index (Phi) is 3.29. The van der Waals surface area contributed by atoms with Crippen LogP contribution in [0.3, 0.4) is 0 Å². The van der Waals surface area contributed by atoms with Crippen molar-refractivity contribution in [2.24, 2.45) is 0 Å². The average Bonchev–Trinajstić information content (AvgIpc) is 2.92. The van der Waals surface area contributed by atoms with Crippen LogP contribution in [0, 0.1) is 6.92 Å². The third-order valence-electron chi connectivity index (χ3n) is 3.10. The van der Waals surface area contributed by atoms with Gasteiger partial charge in [0.2, 0.25) is 0 Å². The van der Waals surface area contributed by atoms with Crippen molar-refractivity contribution in [2.45, 2.75) is 20.0 Å². The maximum Gasteiger partial charge on any atom is 0.117 e. The Balaban J connectivity index is 1.69. The lowest BCUT2D eigenvalue weighted by molar-refractivity contribution is 0.483. The van der Waals surface area contributed by atoms with Crippen LogP contribution < -0.4 is 5.32 Å². The summed E-state index contributed by atoms with van der Waals surface area (Å²) in [5, 5.41) is 4.55. The first kappa shape index (κ1) is 11.9. The number of hydrogen-bond donors (Lipinski definition) is 1. The molecular weight excluding hydrogens is 236 g/mol. The number of aromatic nitrogens is 1. The summed E-state index contributed by atoms with van der Waals surface area (Å²) in [5.74, 6) is 0.957. The molecule has 3 aromatic rings. The van der Waals surface area contributed by atoms with E-state index in [4.69, 9.17) is 4.42 Å². The van der Waals surface area contributed by atoms with Gasteiger partial charge in [0, 0.05) is 17.6 Å². The number of pyridine rings is 1. The summed E-state index contributed by atoms with van der Waals surface area (Å²) in [6.45, 7) is 3.58. The molecule has 0 aliphatic rings. The Morgan fingerprint density at radius 1 is 1.11 bits per heavy atom. The summed E-state index contributed by atoms with van der Waals surface area (Å²) in [5.41, 5.74) is 3.36. The van der Waals surface area contributed by atoms with Gasteiger partial charge in [0.05, 0.1) is 18.3 Å². The van der Waals surface area contributed by atoms with Gasteiger partial charge >= 0.3 is 0 Å². The van der Waals surface area contributed by atoms with E-state index < -0.39 is 0 Å². The Morgan fingerprint density at radius 3 is 2.89 bits per heavy atom. The first-order chi connectivity index (χ1) is 9.31. The van der Waals surface area contributed by atoms with Gasteiger partial charge in [-0.05, 0) is 42.8 Å². The molecule has 0 fully saturated rings. The molecule has 3 nitrogen and oxygen atoms in total. The predicted octanol–water partition coefficient (Wildman–Crippen LogP) is 3.43. The van der Waals surface area contributed by atoms with Crippen molar-refractivity contribution < 1.29 is 4.42 Å². The van der Waals surface area contributed by atoms with E-state index in [-0.39, 0.29) is 0 Å². The van der Waals surface area contributed by atoms with E-state index in [2.05, 4.69) is 34.6 Å². The summed E-state index contributed by atoms with van der Waals surface area (Å²) in [4.78, 5) is 4.50. The van der Waals surface area contributed by atoms with Crippen LogP contribution >= 0.6 is 0 Å². The van der Waals surface area contributed by atoms with Crippen LogP contribution in [-0.2, 0) is 13.1 Å². The number of hydrogen-bond acceptors (Lipinski definition) is 3. The Labute approximate surface area is 112 Å². The van der Waals surface area contributed by atoms with E-state index >= 15 is 0 Å². The second kappa shape index (κ2) is 5.24. The van der Waals surface area contributed by atoms with Crippen LogP contribution in [-0.4, -0.2) is 4.98 Å². The average molecular weight is 252 g/mol. The zero-order chi connectivity index (χ0) is 13.1. The lowest BCUT2D eigenvalue weighted by Crippen LogP contribution is -2.12. The molecule has 0 saturated heterocycles. The van der Waals surface area contributed by atoms with Gasteiger partial charge in [0.25, 0.3) is 0 Å². The van der Waals surface area contributed by atoms with Crippen molar-refractivity contribution in [3.05, 3.63) is 65.7 Å². The molecule has 2 heterocycles. The molecule has 0 bridgehead atoms. The van der Waals surface area contributed by atoms with Crippen molar-refractivity contribution >= 4 is 10.9 Å². The summed E-state index contributed by atoms with van der Waals surface area (Å²) >= 11 is 0. The molecule has 0 saturated carbocycles. The Morgan fingerprint density at radius 2 is 2.05 bits per heavy atom. The lowest BCUT2D eigenvalue weighted by atomic mass is 10.1. The maximum absolute atomic E-state index is 5.28. The number of benzene rings is 1. The highest BCUT2D eigenvalue weighted by molar-refractivity contribution is 5.79. The fourth-order valence-corrected chi connectivity index (χ4v) is 2.13. The molecule has 3 rings (SSSR count). The number of fused-ring (bicyclic) bond motifs is 1. The molecule has 0 amide bonds. The largest absolute Gasteiger partial charge is 0.468 e. The van der Waals surface area contributed by atoms with E-state index in [9.17, 15) is 0 Å². The SMILES string of the molecule is Cc1ccc2cc(CNCc3ccco3)ccc2n1. The van der Waals surface area contributed by atoms with E-state index in [0.717, 1.165) is 30.1 Å². The third-order valence-corrected chi connectivity index (χ3v) is 3.10. The summed E-state index contributed by atoms with van der Waals surface area (Å²) < 4.78 is 5.28. The second-order valence-electron chi connectivity index (χ2n) is 4.66. The van der Waals surface area contributed by atoms with Gasteiger partial charge in [-0.25, -0.2) is 0 Å². The summed E-state index contributed by atoms with van der Waals surface area (Å²) in [6, 6.07) is 14.4. The second-order valence-corrected chi connectivity index (χ2v) is 4.66. The van der Waals surface area contributed by atoms with E-state index in [1.807, 2.05) is 25.1 Å². The van der Waals surface area contributed by atoms with Crippen molar-refractivity contribution in [1.82, 2.24) is 10.3 Å². The molecule has 0 unspecified atom stereocenters. The Hall–Kier alpha value is -2.13. The number of nitrogens with one attached hydrogen (secondary N) is 1.